The molecule has 0 atom stereocenters. The fourth-order valence-corrected chi connectivity index (χ4v) is 3.10. The van der Waals surface area contributed by atoms with Crippen LogP contribution in [-0.2, 0) is 0 Å². The number of rotatable bonds is 3. The minimum absolute atomic E-state index is 0.00961. The highest BCUT2D eigenvalue weighted by molar-refractivity contribution is 7.98. The van der Waals surface area contributed by atoms with E-state index in [0.717, 1.165) is 36.8 Å². The molecule has 0 N–H and O–H groups in total. The normalized spacial score (nSPS) is 14.7. The molecule has 0 bridgehead atoms. The van der Waals surface area contributed by atoms with Crippen molar-refractivity contribution in [2.24, 2.45) is 0 Å². The van der Waals surface area contributed by atoms with Gasteiger partial charge in [-0.05, 0) is 43.4 Å². The molecule has 4 nitrogen and oxygen atoms in total. The summed E-state index contributed by atoms with van der Waals surface area (Å²) in [5.41, 5.74) is 1.29. The van der Waals surface area contributed by atoms with Crippen LogP contribution in [0, 0.1) is 5.82 Å². The summed E-state index contributed by atoms with van der Waals surface area (Å²) in [6, 6.07) is 6.11. The van der Waals surface area contributed by atoms with Gasteiger partial charge in [0.2, 0.25) is 0 Å². The maximum absolute atomic E-state index is 13.1. The number of hydrogen-bond acceptors (Lipinski definition) is 3. The molecule has 1 aliphatic heterocycles. The van der Waals surface area contributed by atoms with E-state index < -0.39 is 0 Å². The fourth-order valence-electron chi connectivity index (χ4n) is 2.55. The molecule has 0 spiro atoms. The monoisotopic (exact) mass is 305 g/mol. The van der Waals surface area contributed by atoms with Crippen molar-refractivity contribution in [1.29, 1.82) is 0 Å². The Morgan fingerprint density at radius 3 is 2.52 bits per heavy atom. The Labute approximate surface area is 127 Å². The van der Waals surface area contributed by atoms with E-state index in [-0.39, 0.29) is 11.7 Å². The number of carbonyl (C=O) groups excluding carboxylic acids is 1. The number of likely N-dealkylation sites (tertiary alicyclic amines) is 1. The first-order valence-electron chi connectivity index (χ1n) is 6.87. The summed E-state index contributed by atoms with van der Waals surface area (Å²) in [6.45, 7) is 1.59. The smallest absolute Gasteiger partial charge is 0.272 e. The van der Waals surface area contributed by atoms with Gasteiger partial charge >= 0.3 is 0 Å². The molecular weight excluding hydrogens is 289 g/mol. The van der Waals surface area contributed by atoms with E-state index in [4.69, 9.17) is 0 Å². The maximum atomic E-state index is 13.1. The number of nitrogens with zero attached hydrogens (tertiary/aromatic N) is 3. The largest absolute Gasteiger partial charge is 0.337 e. The molecule has 21 heavy (non-hydrogen) atoms. The van der Waals surface area contributed by atoms with Crippen molar-refractivity contribution in [3.05, 3.63) is 42.0 Å². The molecule has 0 aliphatic carbocycles. The molecule has 1 aromatic heterocycles. The van der Waals surface area contributed by atoms with Crippen molar-refractivity contribution in [2.45, 2.75) is 18.0 Å². The maximum Gasteiger partial charge on any atom is 0.272 e. The van der Waals surface area contributed by atoms with Gasteiger partial charge in [0.05, 0.1) is 6.20 Å². The minimum atomic E-state index is -0.294. The van der Waals surface area contributed by atoms with Crippen LogP contribution in [0.4, 0.5) is 4.39 Å². The van der Waals surface area contributed by atoms with Crippen molar-refractivity contribution in [1.82, 2.24) is 14.5 Å². The van der Waals surface area contributed by atoms with E-state index in [0.29, 0.717) is 5.69 Å². The number of thioether (sulfide) groups is 1. The standard InChI is InChI=1S/C15H16FN3OS/c1-21-15-17-10-13(14(20)18-8-2-3-9-18)19(15)12-6-4-11(16)5-7-12/h4-7,10H,2-3,8-9H2,1H3. The zero-order valence-electron chi connectivity index (χ0n) is 11.8. The van der Waals surface area contributed by atoms with Gasteiger partial charge in [0, 0.05) is 18.8 Å². The molecule has 1 fully saturated rings. The molecule has 3 rings (SSSR count). The number of amides is 1. The average Bonchev–Trinajstić information content (AvgIpc) is 3.16. The Bertz CT molecular complexity index is 647. The molecule has 0 saturated carbocycles. The summed E-state index contributed by atoms with van der Waals surface area (Å²) in [7, 11) is 0. The number of imidazole rings is 1. The summed E-state index contributed by atoms with van der Waals surface area (Å²) in [6.07, 6.45) is 5.61. The van der Waals surface area contributed by atoms with E-state index in [1.807, 2.05) is 11.2 Å². The van der Waals surface area contributed by atoms with E-state index >= 15 is 0 Å². The molecular formula is C15H16FN3OS. The van der Waals surface area contributed by atoms with Gasteiger partial charge in [-0.3, -0.25) is 9.36 Å². The number of benzene rings is 1. The van der Waals surface area contributed by atoms with Gasteiger partial charge < -0.3 is 4.90 Å². The Morgan fingerprint density at radius 2 is 1.90 bits per heavy atom. The molecule has 0 radical (unpaired) electrons. The number of carbonyl (C=O) groups is 1. The lowest BCUT2D eigenvalue weighted by Crippen LogP contribution is -2.29. The Hall–Kier alpha value is -1.82. The van der Waals surface area contributed by atoms with Crippen LogP contribution in [0.15, 0.2) is 35.6 Å². The zero-order valence-corrected chi connectivity index (χ0v) is 12.6. The number of aromatic nitrogens is 2. The van der Waals surface area contributed by atoms with Crippen LogP contribution in [0.3, 0.4) is 0 Å². The third-order valence-corrected chi connectivity index (χ3v) is 4.26. The fraction of sp³-hybridized carbons (Fsp3) is 0.333. The molecule has 110 valence electrons. The molecule has 1 amide bonds. The SMILES string of the molecule is CSc1ncc(C(=O)N2CCCC2)n1-c1ccc(F)cc1. The lowest BCUT2D eigenvalue weighted by molar-refractivity contribution is 0.0784. The molecule has 1 saturated heterocycles. The average molecular weight is 305 g/mol. The lowest BCUT2D eigenvalue weighted by Gasteiger charge is -2.17. The van der Waals surface area contributed by atoms with Gasteiger partial charge in [0.25, 0.3) is 5.91 Å². The second-order valence-electron chi connectivity index (χ2n) is 4.94. The number of halogens is 1. The second-order valence-corrected chi connectivity index (χ2v) is 5.71. The Morgan fingerprint density at radius 1 is 1.24 bits per heavy atom. The summed E-state index contributed by atoms with van der Waals surface area (Å²) >= 11 is 1.46. The van der Waals surface area contributed by atoms with Crippen molar-refractivity contribution < 1.29 is 9.18 Å². The minimum Gasteiger partial charge on any atom is -0.337 e. The van der Waals surface area contributed by atoms with E-state index in [2.05, 4.69) is 4.98 Å². The van der Waals surface area contributed by atoms with Crippen LogP contribution < -0.4 is 0 Å². The third kappa shape index (κ3) is 2.68. The van der Waals surface area contributed by atoms with Gasteiger partial charge in [0.15, 0.2) is 5.16 Å². The first-order valence-corrected chi connectivity index (χ1v) is 8.10. The highest BCUT2D eigenvalue weighted by atomic mass is 32.2. The molecule has 1 aromatic carbocycles. The first kappa shape index (κ1) is 14.1. The van der Waals surface area contributed by atoms with E-state index in [9.17, 15) is 9.18 Å². The van der Waals surface area contributed by atoms with Crippen LogP contribution in [0.25, 0.3) is 5.69 Å². The second kappa shape index (κ2) is 5.89. The lowest BCUT2D eigenvalue weighted by atomic mass is 10.3. The molecule has 2 aromatic rings. The molecule has 2 heterocycles. The summed E-state index contributed by atoms with van der Waals surface area (Å²) in [5, 5.41) is 0.726. The van der Waals surface area contributed by atoms with Gasteiger partial charge in [-0.15, -0.1) is 0 Å². The van der Waals surface area contributed by atoms with Gasteiger partial charge in [-0.2, -0.15) is 0 Å². The predicted octanol–water partition coefficient (Wildman–Crippen LogP) is 2.97. The van der Waals surface area contributed by atoms with Crippen molar-refractivity contribution in [3.8, 4) is 5.69 Å². The van der Waals surface area contributed by atoms with Crippen molar-refractivity contribution >= 4 is 17.7 Å². The molecule has 1 aliphatic rings. The Kier molecular flexibility index (Phi) is 3.96. The Balaban J connectivity index is 2.03. The van der Waals surface area contributed by atoms with Gasteiger partial charge in [-0.1, -0.05) is 11.8 Å². The van der Waals surface area contributed by atoms with Crippen molar-refractivity contribution in [3.63, 3.8) is 0 Å². The van der Waals surface area contributed by atoms with Crippen LogP contribution >= 0.6 is 11.8 Å². The first-order chi connectivity index (χ1) is 10.2. The zero-order chi connectivity index (χ0) is 14.8. The van der Waals surface area contributed by atoms with Crippen LogP contribution in [0.5, 0.6) is 0 Å². The topological polar surface area (TPSA) is 38.1 Å². The van der Waals surface area contributed by atoms with E-state index in [1.54, 1.807) is 22.9 Å². The van der Waals surface area contributed by atoms with Gasteiger partial charge in [-0.25, -0.2) is 9.37 Å². The van der Waals surface area contributed by atoms with E-state index in [1.165, 1.54) is 23.9 Å². The van der Waals surface area contributed by atoms with Crippen molar-refractivity contribution in [2.75, 3.05) is 19.3 Å². The highest BCUT2D eigenvalue weighted by Crippen LogP contribution is 2.24. The van der Waals surface area contributed by atoms with Gasteiger partial charge in [0.1, 0.15) is 11.5 Å². The molecule has 0 unspecified atom stereocenters. The van der Waals surface area contributed by atoms with Crippen LogP contribution in [-0.4, -0.2) is 39.7 Å². The predicted molar refractivity (Wildman–Crippen MR) is 80.4 cm³/mol. The van der Waals surface area contributed by atoms with Crippen LogP contribution in [0.2, 0.25) is 0 Å². The highest BCUT2D eigenvalue weighted by Gasteiger charge is 2.24. The third-order valence-electron chi connectivity index (χ3n) is 3.61. The van der Waals surface area contributed by atoms with Crippen LogP contribution in [0.1, 0.15) is 23.3 Å². The number of hydrogen-bond donors (Lipinski definition) is 0. The summed E-state index contributed by atoms with van der Waals surface area (Å²) < 4.78 is 14.9. The quantitative estimate of drug-likeness (QED) is 0.818. The molecule has 6 heteroatoms. The summed E-state index contributed by atoms with van der Waals surface area (Å²) in [5.74, 6) is -0.304. The summed E-state index contributed by atoms with van der Waals surface area (Å²) in [4.78, 5) is 18.8.